The first-order valence-corrected chi connectivity index (χ1v) is 9.47. The Bertz CT molecular complexity index is 508. The lowest BCUT2D eigenvalue weighted by molar-refractivity contribution is -0.129. The van der Waals surface area contributed by atoms with Crippen LogP contribution < -0.4 is 0 Å². The molecule has 0 aromatic carbocycles. The normalized spacial score (nSPS) is 32.1. The summed E-state index contributed by atoms with van der Waals surface area (Å²) < 4.78 is 27.4. The first kappa shape index (κ1) is 15.2. The first-order chi connectivity index (χ1) is 9.98. The average molecular weight is 315 g/mol. The number of rotatable bonds is 2. The summed E-state index contributed by atoms with van der Waals surface area (Å²) in [4.78, 5) is 15.6. The summed E-state index contributed by atoms with van der Waals surface area (Å²) in [6.45, 7) is 5.79. The minimum Gasteiger partial charge on any atom is -0.342 e. The predicted molar refractivity (Wildman–Crippen MR) is 80.4 cm³/mol. The van der Waals surface area contributed by atoms with Gasteiger partial charge in [-0.2, -0.15) is 4.31 Å². The van der Waals surface area contributed by atoms with Crippen LogP contribution in [0.5, 0.6) is 0 Å². The molecule has 3 aliphatic heterocycles. The van der Waals surface area contributed by atoms with Crippen molar-refractivity contribution in [3.63, 3.8) is 0 Å². The molecule has 21 heavy (non-hydrogen) atoms. The molecule has 0 N–H and O–H groups in total. The number of sulfonamides is 1. The van der Waals surface area contributed by atoms with Crippen LogP contribution in [-0.2, 0) is 14.8 Å². The molecule has 3 saturated heterocycles. The lowest BCUT2D eigenvalue weighted by Gasteiger charge is -2.40. The first-order valence-electron chi connectivity index (χ1n) is 7.97. The molecule has 0 radical (unpaired) electrons. The molecule has 120 valence electrons. The number of piperidine rings is 1. The third-order valence-electron chi connectivity index (χ3n) is 5.15. The summed E-state index contributed by atoms with van der Waals surface area (Å²) in [5, 5.41) is -0.414. The monoisotopic (exact) mass is 315 g/mol. The zero-order valence-electron chi connectivity index (χ0n) is 12.7. The lowest BCUT2D eigenvalue weighted by atomic mass is 10.1. The summed E-state index contributed by atoms with van der Waals surface area (Å²) in [6.07, 6.45) is 3.75. The number of fused-ring (bicyclic) bond motifs is 1. The van der Waals surface area contributed by atoms with E-state index in [1.165, 1.54) is 13.3 Å². The Kier molecular flexibility index (Phi) is 4.25. The van der Waals surface area contributed by atoms with Crippen molar-refractivity contribution in [1.29, 1.82) is 0 Å². The molecule has 3 fully saturated rings. The molecule has 7 heteroatoms. The van der Waals surface area contributed by atoms with E-state index in [9.17, 15) is 13.2 Å². The third-order valence-corrected chi connectivity index (χ3v) is 7.43. The van der Waals surface area contributed by atoms with Crippen LogP contribution >= 0.6 is 0 Å². The van der Waals surface area contributed by atoms with E-state index in [0.29, 0.717) is 38.6 Å². The lowest BCUT2D eigenvalue weighted by Crippen LogP contribution is -2.56. The van der Waals surface area contributed by atoms with Gasteiger partial charge in [-0.05, 0) is 32.2 Å². The summed E-state index contributed by atoms with van der Waals surface area (Å²) in [5.41, 5.74) is 0. The SMILES string of the molecule is CC(=O)N1CCC[C@@H](S(=O)(=O)N2CCN3CCC[C@H]3C2)C1. The maximum absolute atomic E-state index is 12.9. The molecule has 3 heterocycles. The van der Waals surface area contributed by atoms with Crippen LogP contribution in [-0.4, -0.2) is 79.0 Å². The molecule has 0 unspecified atom stereocenters. The van der Waals surface area contributed by atoms with Crippen LogP contribution in [0, 0.1) is 0 Å². The molecule has 0 bridgehead atoms. The van der Waals surface area contributed by atoms with Crippen molar-refractivity contribution in [3.8, 4) is 0 Å². The van der Waals surface area contributed by atoms with Crippen molar-refractivity contribution in [3.05, 3.63) is 0 Å². The summed E-state index contributed by atoms with van der Waals surface area (Å²) in [6, 6.07) is 0.404. The zero-order chi connectivity index (χ0) is 15.0. The van der Waals surface area contributed by atoms with Gasteiger partial charge >= 0.3 is 0 Å². The minimum absolute atomic E-state index is 0.0180. The smallest absolute Gasteiger partial charge is 0.219 e. The number of carbonyl (C=O) groups excluding carboxylic acids is 1. The maximum atomic E-state index is 12.9. The second kappa shape index (κ2) is 5.85. The molecule has 3 aliphatic rings. The number of likely N-dealkylation sites (tertiary alicyclic amines) is 1. The van der Waals surface area contributed by atoms with Crippen molar-refractivity contribution in [2.75, 3.05) is 39.3 Å². The molecule has 2 atom stereocenters. The Balaban J connectivity index is 1.69. The Hall–Kier alpha value is -0.660. The van der Waals surface area contributed by atoms with Gasteiger partial charge in [0.05, 0.1) is 5.25 Å². The van der Waals surface area contributed by atoms with Gasteiger partial charge in [-0.3, -0.25) is 9.69 Å². The summed E-state index contributed by atoms with van der Waals surface area (Å²) >= 11 is 0. The predicted octanol–water partition coefficient (Wildman–Crippen LogP) is 0.107. The summed E-state index contributed by atoms with van der Waals surface area (Å²) in [7, 11) is -3.28. The number of carbonyl (C=O) groups is 1. The van der Waals surface area contributed by atoms with Gasteiger partial charge < -0.3 is 4.90 Å². The Labute approximate surface area is 127 Å². The van der Waals surface area contributed by atoms with E-state index in [1.807, 2.05) is 0 Å². The molecule has 0 spiro atoms. The molecule has 6 nitrogen and oxygen atoms in total. The molecule has 0 aromatic rings. The molecule has 1 amide bonds. The van der Waals surface area contributed by atoms with Crippen molar-refractivity contribution in [2.24, 2.45) is 0 Å². The van der Waals surface area contributed by atoms with Gasteiger partial charge in [-0.1, -0.05) is 0 Å². The number of hydrogen-bond acceptors (Lipinski definition) is 4. The Morgan fingerprint density at radius 2 is 1.76 bits per heavy atom. The zero-order valence-corrected chi connectivity index (χ0v) is 13.5. The fourth-order valence-electron chi connectivity index (χ4n) is 3.87. The van der Waals surface area contributed by atoms with Gasteiger partial charge in [-0.25, -0.2) is 8.42 Å². The number of piperazine rings is 1. The highest BCUT2D eigenvalue weighted by atomic mass is 32.2. The van der Waals surface area contributed by atoms with E-state index in [4.69, 9.17) is 0 Å². The number of nitrogens with zero attached hydrogens (tertiary/aromatic N) is 3. The van der Waals surface area contributed by atoms with E-state index in [1.54, 1.807) is 9.21 Å². The fourth-order valence-corrected chi connectivity index (χ4v) is 5.84. The van der Waals surface area contributed by atoms with Gasteiger partial charge in [0, 0.05) is 45.7 Å². The van der Waals surface area contributed by atoms with Gasteiger partial charge in [0.15, 0.2) is 0 Å². The van der Waals surface area contributed by atoms with Crippen molar-refractivity contribution in [1.82, 2.24) is 14.1 Å². The van der Waals surface area contributed by atoms with Crippen LogP contribution in [0.1, 0.15) is 32.6 Å². The Morgan fingerprint density at radius 3 is 2.52 bits per heavy atom. The topological polar surface area (TPSA) is 60.9 Å². The van der Waals surface area contributed by atoms with Crippen LogP contribution in [0.15, 0.2) is 0 Å². The van der Waals surface area contributed by atoms with Gasteiger partial charge in [-0.15, -0.1) is 0 Å². The quantitative estimate of drug-likeness (QED) is 0.725. The Morgan fingerprint density at radius 1 is 1.00 bits per heavy atom. The highest BCUT2D eigenvalue weighted by Gasteiger charge is 2.40. The van der Waals surface area contributed by atoms with Gasteiger partial charge in [0.2, 0.25) is 15.9 Å². The third kappa shape index (κ3) is 2.96. The molecule has 0 aliphatic carbocycles. The highest BCUT2D eigenvalue weighted by Crippen LogP contribution is 2.27. The fraction of sp³-hybridized carbons (Fsp3) is 0.929. The maximum Gasteiger partial charge on any atom is 0.219 e. The van der Waals surface area contributed by atoms with E-state index in [0.717, 1.165) is 25.9 Å². The van der Waals surface area contributed by atoms with Crippen LogP contribution in [0.4, 0.5) is 0 Å². The van der Waals surface area contributed by atoms with Crippen molar-refractivity contribution >= 4 is 15.9 Å². The second-order valence-electron chi connectivity index (χ2n) is 6.46. The average Bonchev–Trinajstić information content (AvgIpc) is 2.94. The standard InChI is InChI=1S/C14H25N3O3S/c1-12(18)16-7-3-5-14(11-16)21(19,20)17-9-8-15-6-2-4-13(15)10-17/h13-14H,2-11H2,1H3/t13-,14+/m0/s1. The van der Waals surface area contributed by atoms with E-state index >= 15 is 0 Å². The number of hydrogen-bond donors (Lipinski definition) is 0. The highest BCUT2D eigenvalue weighted by molar-refractivity contribution is 7.89. The van der Waals surface area contributed by atoms with Crippen LogP contribution in [0.2, 0.25) is 0 Å². The van der Waals surface area contributed by atoms with Crippen LogP contribution in [0.3, 0.4) is 0 Å². The minimum atomic E-state index is -3.28. The molecule has 0 aromatic heterocycles. The van der Waals surface area contributed by atoms with Crippen molar-refractivity contribution in [2.45, 2.75) is 43.9 Å². The molecule has 3 rings (SSSR count). The second-order valence-corrected chi connectivity index (χ2v) is 8.68. The summed E-state index contributed by atoms with van der Waals surface area (Å²) in [5.74, 6) is -0.0180. The van der Waals surface area contributed by atoms with Crippen molar-refractivity contribution < 1.29 is 13.2 Å². The van der Waals surface area contributed by atoms with Crippen LogP contribution in [0.25, 0.3) is 0 Å². The molecule has 0 saturated carbocycles. The largest absolute Gasteiger partial charge is 0.342 e. The molecular formula is C14H25N3O3S. The van der Waals surface area contributed by atoms with Gasteiger partial charge in [0.1, 0.15) is 0 Å². The van der Waals surface area contributed by atoms with Gasteiger partial charge in [0.25, 0.3) is 0 Å². The van der Waals surface area contributed by atoms with E-state index < -0.39 is 15.3 Å². The number of amides is 1. The van der Waals surface area contributed by atoms with E-state index in [-0.39, 0.29) is 5.91 Å². The van der Waals surface area contributed by atoms with E-state index in [2.05, 4.69) is 4.90 Å². The molecular weight excluding hydrogens is 290 g/mol.